The van der Waals surface area contributed by atoms with Gasteiger partial charge in [0.15, 0.2) is 0 Å². The van der Waals surface area contributed by atoms with Gasteiger partial charge in [0.1, 0.15) is 5.69 Å². The summed E-state index contributed by atoms with van der Waals surface area (Å²) in [5.41, 5.74) is 2.15. The highest BCUT2D eigenvalue weighted by molar-refractivity contribution is 5.85. The van der Waals surface area contributed by atoms with Crippen molar-refractivity contribution in [1.82, 2.24) is 4.98 Å². The summed E-state index contributed by atoms with van der Waals surface area (Å²) in [6.45, 7) is 1.21. The lowest BCUT2D eigenvalue weighted by molar-refractivity contribution is 0.0689. The van der Waals surface area contributed by atoms with Gasteiger partial charge >= 0.3 is 5.97 Å². The summed E-state index contributed by atoms with van der Waals surface area (Å²) in [5, 5.41) is 8.69. The largest absolute Gasteiger partial charge is 0.477 e. The molecule has 0 saturated carbocycles. The van der Waals surface area contributed by atoms with Crippen LogP contribution < -0.4 is 0 Å². The summed E-state index contributed by atoms with van der Waals surface area (Å²) in [4.78, 5) is 14.4. The Hall–Kier alpha value is -1.42. The van der Waals surface area contributed by atoms with Crippen LogP contribution in [0.5, 0.6) is 0 Å². The molecule has 1 aliphatic heterocycles. The second-order valence-electron chi connectivity index (χ2n) is 2.95. The maximum absolute atomic E-state index is 10.6. The Morgan fingerprint density at radius 1 is 1.54 bits per heavy atom. The summed E-state index contributed by atoms with van der Waals surface area (Å²) in [5.74, 6) is -0.978. The zero-order valence-electron chi connectivity index (χ0n) is 6.99. The lowest BCUT2D eigenvalue weighted by atomic mass is 10.1. The minimum absolute atomic E-state index is 0.112. The van der Waals surface area contributed by atoms with Gasteiger partial charge in [-0.3, -0.25) is 0 Å². The van der Waals surface area contributed by atoms with Crippen molar-refractivity contribution in [1.29, 1.82) is 0 Å². The van der Waals surface area contributed by atoms with Gasteiger partial charge in [-0.25, -0.2) is 9.78 Å². The molecule has 0 fully saturated rings. The Kier molecular flexibility index (Phi) is 1.98. The van der Waals surface area contributed by atoms with Crippen molar-refractivity contribution in [3.05, 3.63) is 29.1 Å². The van der Waals surface area contributed by atoms with Gasteiger partial charge in [0.2, 0.25) is 0 Å². The lowest BCUT2D eigenvalue weighted by Crippen LogP contribution is -2.12. The third-order valence-corrected chi connectivity index (χ3v) is 2.08. The molecule has 0 bridgehead atoms. The van der Waals surface area contributed by atoms with Gasteiger partial charge in [-0.05, 0) is 23.6 Å². The Bertz CT molecular complexity index is 349. The SMILES string of the molecule is O=C(O)c1cc2c(cn1)COCC2. The first-order chi connectivity index (χ1) is 6.27. The monoisotopic (exact) mass is 179 g/mol. The van der Waals surface area contributed by atoms with Crippen molar-refractivity contribution >= 4 is 5.97 Å². The van der Waals surface area contributed by atoms with E-state index < -0.39 is 5.97 Å². The molecule has 0 aromatic carbocycles. The van der Waals surface area contributed by atoms with Gasteiger partial charge in [0.25, 0.3) is 0 Å². The van der Waals surface area contributed by atoms with Gasteiger partial charge in [-0.2, -0.15) is 0 Å². The molecule has 2 rings (SSSR count). The van der Waals surface area contributed by atoms with Crippen LogP contribution in [0.1, 0.15) is 21.6 Å². The van der Waals surface area contributed by atoms with Crippen LogP contribution >= 0.6 is 0 Å². The predicted molar refractivity (Wildman–Crippen MR) is 44.6 cm³/mol. The molecule has 1 aliphatic rings. The fourth-order valence-electron chi connectivity index (χ4n) is 1.37. The van der Waals surface area contributed by atoms with E-state index in [4.69, 9.17) is 9.84 Å². The molecule has 0 radical (unpaired) electrons. The van der Waals surface area contributed by atoms with Gasteiger partial charge in [0, 0.05) is 6.20 Å². The van der Waals surface area contributed by atoms with Crippen molar-refractivity contribution in [3.63, 3.8) is 0 Å². The van der Waals surface area contributed by atoms with Crippen molar-refractivity contribution < 1.29 is 14.6 Å². The fourth-order valence-corrected chi connectivity index (χ4v) is 1.37. The summed E-state index contributed by atoms with van der Waals surface area (Å²) >= 11 is 0. The Morgan fingerprint density at radius 3 is 3.15 bits per heavy atom. The quantitative estimate of drug-likeness (QED) is 0.694. The zero-order valence-corrected chi connectivity index (χ0v) is 6.99. The minimum atomic E-state index is -0.978. The summed E-state index contributed by atoms with van der Waals surface area (Å²) in [6, 6.07) is 1.63. The van der Waals surface area contributed by atoms with Crippen molar-refractivity contribution in [2.75, 3.05) is 6.61 Å². The Labute approximate surface area is 75.2 Å². The third-order valence-electron chi connectivity index (χ3n) is 2.08. The molecule has 68 valence electrons. The summed E-state index contributed by atoms with van der Waals surface area (Å²) in [7, 11) is 0. The number of ether oxygens (including phenoxy) is 1. The molecule has 2 heterocycles. The van der Waals surface area contributed by atoms with Gasteiger partial charge in [-0.15, -0.1) is 0 Å². The maximum Gasteiger partial charge on any atom is 0.354 e. The highest BCUT2D eigenvalue weighted by Crippen LogP contribution is 2.16. The molecule has 1 aromatic heterocycles. The number of hydrogen-bond acceptors (Lipinski definition) is 3. The number of aromatic nitrogens is 1. The standard InChI is InChI=1S/C9H9NO3/c11-9(12)8-3-6-1-2-13-5-7(6)4-10-8/h3-4H,1-2,5H2,(H,11,12). The summed E-state index contributed by atoms with van der Waals surface area (Å²) in [6.07, 6.45) is 2.36. The molecule has 4 nitrogen and oxygen atoms in total. The van der Waals surface area contributed by atoms with Crippen molar-refractivity contribution in [2.24, 2.45) is 0 Å². The second-order valence-corrected chi connectivity index (χ2v) is 2.95. The van der Waals surface area contributed by atoms with Crippen LogP contribution in [0.4, 0.5) is 0 Å². The normalized spacial score (nSPS) is 15.1. The fraction of sp³-hybridized carbons (Fsp3) is 0.333. The molecule has 1 N–H and O–H groups in total. The zero-order chi connectivity index (χ0) is 9.26. The summed E-state index contributed by atoms with van der Waals surface area (Å²) < 4.78 is 5.21. The average molecular weight is 179 g/mol. The number of carboxylic acid groups (broad SMARTS) is 1. The van der Waals surface area contributed by atoms with Crippen LogP contribution in [0.2, 0.25) is 0 Å². The van der Waals surface area contributed by atoms with Crippen LogP contribution in [0.25, 0.3) is 0 Å². The number of fused-ring (bicyclic) bond motifs is 1. The topological polar surface area (TPSA) is 59.4 Å². The molecule has 4 heteroatoms. The molecule has 13 heavy (non-hydrogen) atoms. The minimum Gasteiger partial charge on any atom is -0.477 e. The molecular formula is C9H9NO3. The van der Waals surface area contributed by atoms with Crippen LogP contribution in [0, 0.1) is 0 Å². The van der Waals surface area contributed by atoms with Gasteiger partial charge in [0.05, 0.1) is 13.2 Å². The highest BCUT2D eigenvalue weighted by atomic mass is 16.5. The number of carbonyl (C=O) groups is 1. The van der Waals surface area contributed by atoms with E-state index in [0.29, 0.717) is 13.2 Å². The molecular weight excluding hydrogens is 170 g/mol. The Balaban J connectivity index is 2.40. The predicted octanol–water partition coefficient (Wildman–Crippen LogP) is 0.853. The molecule has 0 unspecified atom stereocenters. The van der Waals surface area contributed by atoms with E-state index in [2.05, 4.69) is 4.98 Å². The molecule has 0 amide bonds. The first kappa shape index (κ1) is 8.19. The van der Waals surface area contributed by atoms with E-state index >= 15 is 0 Å². The number of aromatic carboxylic acids is 1. The molecule has 1 aromatic rings. The lowest BCUT2D eigenvalue weighted by Gasteiger charge is -2.15. The van der Waals surface area contributed by atoms with Crippen LogP contribution in [-0.4, -0.2) is 22.7 Å². The van der Waals surface area contributed by atoms with E-state index in [1.54, 1.807) is 12.3 Å². The molecule has 0 spiro atoms. The second kappa shape index (κ2) is 3.14. The molecule has 0 saturated heterocycles. The van der Waals surface area contributed by atoms with E-state index in [9.17, 15) is 4.79 Å². The number of carboxylic acids is 1. The number of hydrogen-bond donors (Lipinski definition) is 1. The van der Waals surface area contributed by atoms with E-state index in [1.165, 1.54) is 0 Å². The number of pyridine rings is 1. The highest BCUT2D eigenvalue weighted by Gasteiger charge is 2.13. The number of rotatable bonds is 1. The first-order valence-electron chi connectivity index (χ1n) is 4.06. The van der Waals surface area contributed by atoms with E-state index in [-0.39, 0.29) is 5.69 Å². The smallest absolute Gasteiger partial charge is 0.354 e. The van der Waals surface area contributed by atoms with E-state index in [1.807, 2.05) is 0 Å². The molecule has 0 aliphatic carbocycles. The maximum atomic E-state index is 10.6. The van der Waals surface area contributed by atoms with Crippen molar-refractivity contribution in [2.45, 2.75) is 13.0 Å². The van der Waals surface area contributed by atoms with Crippen molar-refractivity contribution in [3.8, 4) is 0 Å². The Morgan fingerprint density at radius 2 is 2.38 bits per heavy atom. The van der Waals surface area contributed by atoms with Crippen LogP contribution in [0.15, 0.2) is 12.3 Å². The molecule has 0 atom stereocenters. The van der Waals surface area contributed by atoms with Gasteiger partial charge in [-0.1, -0.05) is 0 Å². The average Bonchev–Trinajstić information content (AvgIpc) is 2.17. The van der Waals surface area contributed by atoms with E-state index in [0.717, 1.165) is 17.5 Å². The van der Waals surface area contributed by atoms with Gasteiger partial charge < -0.3 is 9.84 Å². The van der Waals surface area contributed by atoms with Crippen LogP contribution in [0.3, 0.4) is 0 Å². The van der Waals surface area contributed by atoms with Crippen LogP contribution in [-0.2, 0) is 17.8 Å². The number of nitrogens with zero attached hydrogens (tertiary/aromatic N) is 1. The third kappa shape index (κ3) is 1.53. The first-order valence-corrected chi connectivity index (χ1v) is 4.06.